The number of piperidine rings is 1. The van der Waals surface area contributed by atoms with E-state index in [1.165, 1.54) is 12.1 Å². The number of hydrogen-bond donors (Lipinski definition) is 1. The lowest BCUT2D eigenvalue weighted by atomic mass is 9.97. The Labute approximate surface area is 208 Å². The standard InChI is InChI=1S/C26H32F3N5O2/c1-30-23(35)16-32-13-10-18(11-14-32)34-24(17-8-9-17)20(15-31-34)25(36)33-12-4-7-22(33)19-5-2-3-6-21(19)26(27,28)29/h2-3,5-6,15,17-18,22H,4,7-14,16H2,1H3,(H,30,35). The highest BCUT2D eigenvalue weighted by molar-refractivity contribution is 5.96. The van der Waals surface area contributed by atoms with Crippen molar-refractivity contribution in [1.29, 1.82) is 0 Å². The maximum Gasteiger partial charge on any atom is 0.416 e. The third kappa shape index (κ3) is 4.87. The minimum atomic E-state index is -4.47. The highest BCUT2D eigenvalue weighted by Gasteiger charge is 2.41. The molecule has 2 aliphatic heterocycles. The van der Waals surface area contributed by atoms with Gasteiger partial charge in [0, 0.05) is 32.6 Å². The molecule has 1 saturated carbocycles. The van der Waals surface area contributed by atoms with Crippen LogP contribution in [0, 0.1) is 0 Å². The Morgan fingerprint density at radius 1 is 1.06 bits per heavy atom. The number of amides is 2. The molecule has 36 heavy (non-hydrogen) atoms. The van der Waals surface area contributed by atoms with Gasteiger partial charge in [-0.25, -0.2) is 0 Å². The minimum Gasteiger partial charge on any atom is -0.358 e. The Balaban J connectivity index is 1.38. The molecule has 2 aromatic rings. The molecule has 2 saturated heterocycles. The van der Waals surface area contributed by atoms with E-state index in [9.17, 15) is 22.8 Å². The van der Waals surface area contributed by atoms with Crippen molar-refractivity contribution in [3.8, 4) is 0 Å². The van der Waals surface area contributed by atoms with E-state index >= 15 is 0 Å². The second-order valence-electron chi connectivity index (χ2n) is 10.1. The van der Waals surface area contributed by atoms with Crippen LogP contribution in [-0.2, 0) is 11.0 Å². The smallest absolute Gasteiger partial charge is 0.358 e. The van der Waals surface area contributed by atoms with Gasteiger partial charge in [-0.3, -0.25) is 19.2 Å². The van der Waals surface area contributed by atoms with E-state index in [1.807, 2.05) is 4.68 Å². The molecule has 1 aromatic carbocycles. The summed E-state index contributed by atoms with van der Waals surface area (Å²) in [5.74, 6) is 0.0323. The fourth-order valence-corrected chi connectivity index (χ4v) is 5.73. The van der Waals surface area contributed by atoms with Crippen LogP contribution in [0.15, 0.2) is 30.5 Å². The fraction of sp³-hybridized carbons (Fsp3) is 0.577. The highest BCUT2D eigenvalue weighted by Crippen LogP contribution is 2.45. The molecule has 194 valence electrons. The molecule has 3 heterocycles. The summed E-state index contributed by atoms with van der Waals surface area (Å²) in [7, 11) is 1.63. The van der Waals surface area contributed by atoms with Gasteiger partial charge in [0.15, 0.2) is 0 Å². The van der Waals surface area contributed by atoms with E-state index in [2.05, 4.69) is 15.3 Å². The van der Waals surface area contributed by atoms with Crippen LogP contribution < -0.4 is 5.32 Å². The zero-order chi connectivity index (χ0) is 25.4. The zero-order valence-corrected chi connectivity index (χ0v) is 20.4. The van der Waals surface area contributed by atoms with E-state index in [4.69, 9.17) is 0 Å². The van der Waals surface area contributed by atoms with E-state index in [-0.39, 0.29) is 29.3 Å². The zero-order valence-electron chi connectivity index (χ0n) is 20.4. The Morgan fingerprint density at radius 3 is 2.44 bits per heavy atom. The molecule has 3 fully saturated rings. The van der Waals surface area contributed by atoms with Crippen molar-refractivity contribution in [2.75, 3.05) is 33.2 Å². The lowest BCUT2D eigenvalue weighted by molar-refractivity contribution is -0.138. The Hall–Kier alpha value is -2.88. The van der Waals surface area contributed by atoms with Gasteiger partial charge in [0.25, 0.3) is 5.91 Å². The van der Waals surface area contributed by atoms with E-state index in [0.29, 0.717) is 31.5 Å². The molecule has 0 spiro atoms. The van der Waals surface area contributed by atoms with Crippen molar-refractivity contribution < 1.29 is 22.8 Å². The van der Waals surface area contributed by atoms with Gasteiger partial charge in [0.1, 0.15) is 0 Å². The average Bonchev–Trinajstić information content (AvgIpc) is 3.41. The van der Waals surface area contributed by atoms with Crippen LogP contribution >= 0.6 is 0 Å². The maximum atomic E-state index is 13.8. The molecule has 5 rings (SSSR count). The highest BCUT2D eigenvalue weighted by atomic mass is 19.4. The normalized spacial score (nSPS) is 21.7. The summed E-state index contributed by atoms with van der Waals surface area (Å²) < 4.78 is 43.1. The number of carbonyl (C=O) groups excluding carboxylic acids is 2. The quantitative estimate of drug-likeness (QED) is 0.644. The Morgan fingerprint density at radius 2 is 1.78 bits per heavy atom. The van der Waals surface area contributed by atoms with Gasteiger partial charge in [-0.05, 0) is 50.2 Å². The van der Waals surface area contributed by atoms with E-state index in [1.54, 1.807) is 24.2 Å². The fourth-order valence-electron chi connectivity index (χ4n) is 5.73. The van der Waals surface area contributed by atoms with Crippen LogP contribution in [0.1, 0.15) is 83.7 Å². The summed E-state index contributed by atoms with van der Waals surface area (Å²) >= 11 is 0. The molecular formula is C26H32F3N5O2. The molecule has 1 N–H and O–H groups in total. The first-order valence-electron chi connectivity index (χ1n) is 12.8. The lowest BCUT2D eigenvalue weighted by Gasteiger charge is -2.32. The second-order valence-corrected chi connectivity index (χ2v) is 10.1. The van der Waals surface area contributed by atoms with Gasteiger partial charge in [-0.15, -0.1) is 0 Å². The number of nitrogens with one attached hydrogen (secondary N) is 1. The van der Waals surface area contributed by atoms with E-state index < -0.39 is 17.8 Å². The van der Waals surface area contributed by atoms with E-state index in [0.717, 1.165) is 50.5 Å². The maximum absolute atomic E-state index is 13.8. The van der Waals surface area contributed by atoms with Crippen molar-refractivity contribution in [2.45, 2.75) is 62.7 Å². The van der Waals surface area contributed by atoms with Crippen LogP contribution in [0.2, 0.25) is 0 Å². The number of alkyl halides is 3. The molecule has 0 bridgehead atoms. The van der Waals surface area contributed by atoms with Gasteiger partial charge in [0.05, 0.1) is 41.6 Å². The summed E-state index contributed by atoms with van der Waals surface area (Å²) in [6.07, 6.45) is 1.97. The van der Waals surface area contributed by atoms with Crippen molar-refractivity contribution in [3.63, 3.8) is 0 Å². The topological polar surface area (TPSA) is 70.5 Å². The summed E-state index contributed by atoms with van der Waals surface area (Å²) in [5.41, 5.74) is 0.956. The third-order valence-electron chi connectivity index (χ3n) is 7.72. The van der Waals surface area contributed by atoms with Crippen molar-refractivity contribution in [2.24, 2.45) is 0 Å². The number of halogens is 3. The summed E-state index contributed by atoms with van der Waals surface area (Å²) in [6, 6.07) is 5.14. The molecule has 10 heteroatoms. The average molecular weight is 504 g/mol. The molecule has 7 nitrogen and oxygen atoms in total. The van der Waals surface area contributed by atoms with Gasteiger partial charge in [-0.1, -0.05) is 18.2 Å². The van der Waals surface area contributed by atoms with Crippen LogP contribution in [0.4, 0.5) is 13.2 Å². The van der Waals surface area contributed by atoms with Gasteiger partial charge in [-0.2, -0.15) is 18.3 Å². The summed E-state index contributed by atoms with van der Waals surface area (Å²) in [5, 5.41) is 7.30. The van der Waals surface area contributed by atoms with Crippen LogP contribution in [0.5, 0.6) is 0 Å². The molecule has 1 aliphatic carbocycles. The van der Waals surface area contributed by atoms with Gasteiger partial charge < -0.3 is 10.2 Å². The van der Waals surface area contributed by atoms with Gasteiger partial charge >= 0.3 is 6.18 Å². The molecular weight excluding hydrogens is 471 g/mol. The third-order valence-corrected chi connectivity index (χ3v) is 7.72. The van der Waals surface area contributed by atoms with Crippen LogP contribution in [0.3, 0.4) is 0 Å². The number of likely N-dealkylation sites (tertiary alicyclic amines) is 2. The first-order chi connectivity index (χ1) is 17.3. The number of likely N-dealkylation sites (N-methyl/N-ethyl adjacent to an activating group) is 1. The first-order valence-corrected chi connectivity index (χ1v) is 12.8. The second kappa shape index (κ2) is 9.88. The summed E-state index contributed by atoms with van der Waals surface area (Å²) in [6.45, 7) is 2.35. The predicted octanol–water partition coefficient (Wildman–Crippen LogP) is 4.14. The van der Waals surface area contributed by atoms with Crippen LogP contribution in [-0.4, -0.2) is 64.6 Å². The Kier molecular flexibility index (Phi) is 6.80. The Bertz CT molecular complexity index is 1120. The molecule has 0 radical (unpaired) electrons. The monoisotopic (exact) mass is 503 g/mol. The lowest BCUT2D eigenvalue weighted by Crippen LogP contribution is -2.41. The SMILES string of the molecule is CNC(=O)CN1CCC(n2ncc(C(=O)N3CCCC3c3ccccc3C(F)(F)F)c2C2CC2)CC1. The molecule has 2 amide bonds. The van der Waals surface area contributed by atoms with Crippen molar-refractivity contribution in [1.82, 2.24) is 24.9 Å². The summed E-state index contributed by atoms with van der Waals surface area (Å²) in [4.78, 5) is 29.2. The number of carbonyl (C=O) groups is 2. The van der Waals surface area contributed by atoms with Crippen molar-refractivity contribution in [3.05, 3.63) is 52.8 Å². The number of hydrogen-bond acceptors (Lipinski definition) is 4. The predicted molar refractivity (Wildman–Crippen MR) is 127 cm³/mol. The number of nitrogens with zero attached hydrogens (tertiary/aromatic N) is 4. The number of rotatable bonds is 6. The number of aromatic nitrogens is 2. The molecule has 1 unspecified atom stereocenters. The minimum absolute atomic E-state index is 0.00800. The van der Waals surface area contributed by atoms with Crippen LogP contribution in [0.25, 0.3) is 0 Å². The molecule has 3 aliphatic rings. The number of benzene rings is 1. The molecule has 1 atom stereocenters. The molecule has 1 aromatic heterocycles. The largest absolute Gasteiger partial charge is 0.416 e. The van der Waals surface area contributed by atoms with Crippen molar-refractivity contribution >= 4 is 11.8 Å². The first kappa shape index (κ1) is 24.8. The van der Waals surface area contributed by atoms with Gasteiger partial charge in [0.2, 0.25) is 5.91 Å².